The second-order valence-electron chi connectivity index (χ2n) is 12.8. The van der Waals surface area contributed by atoms with E-state index in [0.717, 1.165) is 27.6 Å². The highest BCUT2D eigenvalue weighted by Gasteiger charge is 2.58. The molecule has 2 N–H and O–H groups in total. The molecular formula is C32H39F2N3O5. The highest BCUT2D eigenvalue weighted by Crippen LogP contribution is 2.61. The fourth-order valence-electron chi connectivity index (χ4n) is 6.74. The summed E-state index contributed by atoms with van der Waals surface area (Å²) < 4.78 is 46.1. The van der Waals surface area contributed by atoms with Gasteiger partial charge in [0.1, 0.15) is 11.4 Å². The fourth-order valence-corrected chi connectivity index (χ4v) is 6.74. The van der Waals surface area contributed by atoms with Crippen molar-refractivity contribution in [3.8, 4) is 5.75 Å². The Labute approximate surface area is 244 Å². The number of carbonyl (C=O) groups is 2. The van der Waals surface area contributed by atoms with Crippen LogP contribution in [0.15, 0.2) is 36.5 Å². The minimum atomic E-state index is -2.65. The first-order chi connectivity index (χ1) is 19.7. The van der Waals surface area contributed by atoms with Crippen LogP contribution in [0, 0.1) is 12.3 Å². The van der Waals surface area contributed by atoms with Crippen molar-refractivity contribution < 1.29 is 32.6 Å². The van der Waals surface area contributed by atoms with Crippen LogP contribution in [0.5, 0.6) is 5.75 Å². The zero-order chi connectivity index (χ0) is 30.6. The third-order valence-electron chi connectivity index (χ3n) is 8.53. The second-order valence-corrected chi connectivity index (χ2v) is 12.8. The summed E-state index contributed by atoms with van der Waals surface area (Å²) >= 11 is 0. The predicted molar refractivity (Wildman–Crippen MR) is 156 cm³/mol. The van der Waals surface area contributed by atoms with E-state index in [1.54, 1.807) is 31.5 Å². The van der Waals surface area contributed by atoms with Gasteiger partial charge in [0, 0.05) is 48.3 Å². The van der Waals surface area contributed by atoms with Gasteiger partial charge >= 0.3 is 12.1 Å². The van der Waals surface area contributed by atoms with Gasteiger partial charge < -0.3 is 19.9 Å². The van der Waals surface area contributed by atoms with Crippen LogP contribution in [0.3, 0.4) is 0 Å². The number of methoxy groups -OCH3 is 2. The number of carbonyl (C=O) groups excluding carboxylic acids is 2. The number of nitrogen functional groups attached to an aromatic ring is 1. The smallest absolute Gasteiger partial charge is 0.419 e. The number of aryl methyl sites for hydroxylation is 1. The lowest BCUT2D eigenvalue weighted by atomic mass is 9.59. The minimum absolute atomic E-state index is 0.138. The SMILES string of the molecule is COC(=O)c1ccc(C2CC3(CCN2Cc2c(OC)cc(C)c4c2ccn4C(=O)OC(C)(C)C)CC(F)(F)C3)c(N)c1. The molecule has 2 aliphatic rings. The van der Waals surface area contributed by atoms with E-state index in [-0.39, 0.29) is 18.9 Å². The standard InChI is InChI=1S/C32H39F2N3O5/c1-19-13-26(40-5)23(21-9-11-37(27(19)21)29(39)42-30(2,3)4)16-36-12-10-31(17-32(33,34)18-31)15-25(36)22-8-7-20(14-24(22)35)28(38)41-6/h7-9,11,13-14,25H,10,12,15-18,35H2,1-6H3. The Hall–Kier alpha value is -3.66. The molecule has 0 amide bonds. The van der Waals surface area contributed by atoms with Gasteiger partial charge in [-0.25, -0.2) is 18.4 Å². The Kier molecular flexibility index (Phi) is 7.50. The molecule has 1 saturated heterocycles. The average Bonchev–Trinajstić information content (AvgIpc) is 3.35. The number of nitrogens with two attached hydrogens (primary N) is 1. The summed E-state index contributed by atoms with van der Waals surface area (Å²) in [5, 5.41) is 0.848. The zero-order valence-electron chi connectivity index (χ0n) is 25.1. The van der Waals surface area contributed by atoms with E-state index in [4.69, 9.17) is 19.9 Å². The number of hydrogen-bond donors (Lipinski definition) is 1. The molecule has 2 aromatic carbocycles. The second kappa shape index (κ2) is 10.6. The number of benzene rings is 2. The van der Waals surface area contributed by atoms with E-state index < -0.39 is 29.0 Å². The highest BCUT2D eigenvalue weighted by atomic mass is 19.3. The van der Waals surface area contributed by atoms with Gasteiger partial charge in [0.2, 0.25) is 5.92 Å². The van der Waals surface area contributed by atoms with Gasteiger partial charge in [0.15, 0.2) is 0 Å². The molecule has 2 heterocycles. The Bertz CT molecular complexity index is 1530. The van der Waals surface area contributed by atoms with Crippen LogP contribution in [-0.2, 0) is 16.0 Å². The summed E-state index contributed by atoms with van der Waals surface area (Å²) in [5.41, 5.74) is 9.36. The fraction of sp³-hybridized carbons (Fsp3) is 0.500. The quantitative estimate of drug-likeness (QED) is 0.259. The van der Waals surface area contributed by atoms with Crippen LogP contribution < -0.4 is 10.5 Å². The Morgan fingerprint density at radius 3 is 2.43 bits per heavy atom. The van der Waals surface area contributed by atoms with Crippen molar-refractivity contribution in [3.05, 3.63) is 58.8 Å². The van der Waals surface area contributed by atoms with Crippen molar-refractivity contribution in [1.82, 2.24) is 9.47 Å². The summed E-state index contributed by atoms with van der Waals surface area (Å²) in [6.45, 7) is 8.40. The van der Waals surface area contributed by atoms with Gasteiger partial charge in [0.05, 0.1) is 25.3 Å². The van der Waals surface area contributed by atoms with Crippen LogP contribution in [0.25, 0.3) is 10.9 Å². The van der Waals surface area contributed by atoms with Crippen LogP contribution in [0.1, 0.15) is 79.5 Å². The molecule has 1 atom stereocenters. The molecule has 5 rings (SSSR count). The van der Waals surface area contributed by atoms with E-state index in [0.29, 0.717) is 42.9 Å². The number of aromatic nitrogens is 1. The van der Waals surface area contributed by atoms with Gasteiger partial charge in [-0.15, -0.1) is 0 Å². The van der Waals surface area contributed by atoms with E-state index in [2.05, 4.69) is 4.90 Å². The molecule has 42 heavy (non-hydrogen) atoms. The number of ether oxygens (including phenoxy) is 3. The summed E-state index contributed by atoms with van der Waals surface area (Å²) in [5.74, 6) is -2.47. The number of alkyl halides is 2. The summed E-state index contributed by atoms with van der Waals surface area (Å²) in [6.07, 6.45) is 2.11. The molecule has 8 nitrogen and oxygen atoms in total. The van der Waals surface area contributed by atoms with E-state index >= 15 is 0 Å². The Morgan fingerprint density at radius 1 is 1.12 bits per heavy atom. The van der Waals surface area contributed by atoms with Crippen molar-refractivity contribution in [2.24, 2.45) is 5.41 Å². The lowest BCUT2D eigenvalue weighted by Crippen LogP contribution is -2.53. The molecule has 2 fully saturated rings. The number of fused-ring (bicyclic) bond motifs is 1. The summed E-state index contributed by atoms with van der Waals surface area (Å²) in [4.78, 5) is 27.4. The van der Waals surface area contributed by atoms with E-state index in [9.17, 15) is 18.4 Å². The number of anilines is 1. The predicted octanol–water partition coefficient (Wildman–Crippen LogP) is 6.86. The maximum Gasteiger partial charge on any atom is 0.419 e. The van der Waals surface area contributed by atoms with E-state index in [1.807, 2.05) is 39.8 Å². The molecule has 226 valence electrons. The molecule has 1 saturated carbocycles. The third kappa shape index (κ3) is 5.56. The first kappa shape index (κ1) is 29.8. The summed E-state index contributed by atoms with van der Waals surface area (Å²) in [6, 6.07) is 8.58. The van der Waals surface area contributed by atoms with Crippen LogP contribution >= 0.6 is 0 Å². The Balaban J connectivity index is 1.55. The number of esters is 1. The topological polar surface area (TPSA) is 96.0 Å². The maximum atomic E-state index is 14.1. The first-order valence-corrected chi connectivity index (χ1v) is 14.2. The first-order valence-electron chi connectivity index (χ1n) is 14.2. The van der Waals surface area contributed by atoms with Gasteiger partial charge in [-0.3, -0.25) is 9.47 Å². The number of rotatable bonds is 5. The monoisotopic (exact) mass is 583 g/mol. The average molecular weight is 584 g/mol. The number of hydrogen-bond acceptors (Lipinski definition) is 7. The molecule has 1 aliphatic carbocycles. The molecule has 1 unspecified atom stereocenters. The third-order valence-corrected chi connectivity index (χ3v) is 8.53. The molecule has 1 aromatic heterocycles. The summed E-state index contributed by atoms with van der Waals surface area (Å²) in [7, 11) is 2.92. The van der Waals surface area contributed by atoms with E-state index in [1.165, 1.54) is 11.7 Å². The number of nitrogens with zero attached hydrogens (tertiary/aromatic N) is 2. The van der Waals surface area contributed by atoms with Gasteiger partial charge in [-0.2, -0.15) is 0 Å². The largest absolute Gasteiger partial charge is 0.496 e. The number of piperidine rings is 1. The maximum absolute atomic E-state index is 14.1. The van der Waals surface area contributed by atoms with Crippen LogP contribution in [0.2, 0.25) is 0 Å². The van der Waals surface area contributed by atoms with Gasteiger partial charge in [0.25, 0.3) is 0 Å². The molecule has 3 aromatic rings. The van der Waals surface area contributed by atoms with Gasteiger partial charge in [-0.1, -0.05) is 6.07 Å². The highest BCUT2D eigenvalue weighted by molar-refractivity contribution is 5.95. The van der Waals surface area contributed by atoms with Crippen LogP contribution in [-0.4, -0.2) is 53.8 Å². The zero-order valence-corrected chi connectivity index (χ0v) is 25.1. The van der Waals surface area contributed by atoms with Crippen molar-refractivity contribution in [1.29, 1.82) is 0 Å². The molecular weight excluding hydrogens is 544 g/mol. The number of likely N-dealkylation sites (tertiary alicyclic amines) is 1. The van der Waals surface area contributed by atoms with Crippen molar-refractivity contribution >= 4 is 28.7 Å². The number of halogens is 2. The lowest BCUT2D eigenvalue weighted by molar-refractivity contribution is -0.186. The van der Waals surface area contributed by atoms with Crippen LogP contribution in [0.4, 0.5) is 19.3 Å². The van der Waals surface area contributed by atoms with Gasteiger partial charge in [-0.05, 0) is 87.9 Å². The van der Waals surface area contributed by atoms with Crippen molar-refractivity contribution in [2.75, 3.05) is 26.5 Å². The minimum Gasteiger partial charge on any atom is -0.496 e. The molecule has 10 heteroatoms. The lowest BCUT2D eigenvalue weighted by Gasteiger charge is -2.55. The molecule has 1 aliphatic heterocycles. The molecule has 0 bridgehead atoms. The Morgan fingerprint density at radius 2 is 1.83 bits per heavy atom. The van der Waals surface area contributed by atoms with Crippen molar-refractivity contribution in [3.63, 3.8) is 0 Å². The van der Waals surface area contributed by atoms with Crippen molar-refractivity contribution in [2.45, 2.75) is 77.5 Å². The molecule has 1 spiro atoms. The molecule has 0 radical (unpaired) electrons. The normalized spacial score (nSPS) is 19.9.